The summed E-state index contributed by atoms with van der Waals surface area (Å²) in [6, 6.07) is 10.6. The molecule has 1 heterocycles. The Hall–Kier alpha value is -1.96. The molecule has 0 fully saturated rings. The number of rotatable bonds is 1. The van der Waals surface area contributed by atoms with Crippen LogP contribution in [0.15, 0.2) is 30.3 Å². The highest BCUT2D eigenvalue weighted by atomic mass is 16.5. The van der Waals surface area contributed by atoms with Crippen molar-refractivity contribution in [3.8, 4) is 11.5 Å². The molecule has 3 rings (SSSR count). The molecular weight excluding hydrogens is 272 g/mol. The van der Waals surface area contributed by atoms with Gasteiger partial charge in [-0.05, 0) is 69.9 Å². The third-order valence-corrected chi connectivity index (χ3v) is 5.31. The number of hydrogen-bond acceptors (Lipinski definition) is 2. The van der Waals surface area contributed by atoms with Gasteiger partial charge in [-0.2, -0.15) is 0 Å². The minimum absolute atomic E-state index is 0.251. The summed E-state index contributed by atoms with van der Waals surface area (Å²) in [6.07, 6.45) is 0. The Morgan fingerprint density at radius 2 is 1.50 bits per heavy atom. The average molecular weight is 296 g/mol. The molecule has 1 unspecified atom stereocenters. The quantitative estimate of drug-likeness (QED) is 0.819. The Kier molecular flexibility index (Phi) is 3.07. The zero-order valence-corrected chi connectivity index (χ0v) is 14.2. The van der Waals surface area contributed by atoms with Crippen LogP contribution in [0.4, 0.5) is 0 Å². The van der Waals surface area contributed by atoms with Crippen LogP contribution in [-0.4, -0.2) is 10.7 Å². The summed E-state index contributed by atoms with van der Waals surface area (Å²) in [5.41, 5.74) is 4.83. The fraction of sp³-hybridized carbons (Fsp3) is 0.400. The molecule has 0 spiro atoms. The molecular formula is C20H24O2. The number of phenolic OH excluding ortho intramolecular Hbond substituents is 1. The number of phenols is 1. The first-order chi connectivity index (χ1) is 10.2. The Morgan fingerprint density at radius 1 is 0.909 bits per heavy atom. The molecule has 1 aliphatic heterocycles. The van der Waals surface area contributed by atoms with Gasteiger partial charge >= 0.3 is 0 Å². The number of ether oxygens (including phenoxy) is 1. The van der Waals surface area contributed by atoms with Crippen LogP contribution in [0.3, 0.4) is 0 Å². The number of benzene rings is 2. The van der Waals surface area contributed by atoms with Crippen molar-refractivity contribution in [3.63, 3.8) is 0 Å². The van der Waals surface area contributed by atoms with E-state index >= 15 is 0 Å². The molecule has 2 aromatic carbocycles. The molecule has 1 N–H and O–H groups in total. The molecule has 2 aromatic rings. The van der Waals surface area contributed by atoms with E-state index in [0.717, 1.165) is 16.9 Å². The standard InChI is InChI=1S/C20H24O2/c1-12-7-8-16-17(9-12)22-19(4,5)20(16,6)15-10-13(2)18(21)14(3)11-15/h7-11,21H,1-6H3. The molecule has 1 aliphatic rings. The number of aryl methyl sites for hydroxylation is 3. The molecule has 0 aliphatic carbocycles. The van der Waals surface area contributed by atoms with Gasteiger partial charge in [0.15, 0.2) is 0 Å². The van der Waals surface area contributed by atoms with Crippen LogP contribution in [0.2, 0.25) is 0 Å². The van der Waals surface area contributed by atoms with Gasteiger partial charge in [-0.15, -0.1) is 0 Å². The van der Waals surface area contributed by atoms with Crippen molar-refractivity contribution in [2.45, 2.75) is 52.6 Å². The number of hydrogen-bond donors (Lipinski definition) is 1. The van der Waals surface area contributed by atoms with Crippen LogP contribution in [0.25, 0.3) is 0 Å². The second-order valence-corrected chi connectivity index (χ2v) is 7.20. The molecule has 0 saturated heterocycles. The Balaban J connectivity index is 2.28. The molecule has 116 valence electrons. The van der Waals surface area contributed by atoms with Gasteiger partial charge in [0.1, 0.15) is 17.1 Å². The Bertz CT molecular complexity index is 735. The third-order valence-electron chi connectivity index (χ3n) is 5.31. The molecule has 0 amide bonds. The molecule has 0 aromatic heterocycles. The van der Waals surface area contributed by atoms with Gasteiger partial charge in [0, 0.05) is 5.56 Å². The van der Waals surface area contributed by atoms with Gasteiger partial charge in [-0.3, -0.25) is 0 Å². The van der Waals surface area contributed by atoms with Gasteiger partial charge < -0.3 is 9.84 Å². The highest BCUT2D eigenvalue weighted by molar-refractivity contribution is 5.57. The van der Waals surface area contributed by atoms with Crippen molar-refractivity contribution in [2.24, 2.45) is 0 Å². The van der Waals surface area contributed by atoms with Crippen LogP contribution in [-0.2, 0) is 5.41 Å². The van der Waals surface area contributed by atoms with E-state index in [0.29, 0.717) is 5.75 Å². The molecule has 2 nitrogen and oxygen atoms in total. The molecule has 0 saturated carbocycles. The first-order valence-corrected chi connectivity index (χ1v) is 7.77. The summed E-state index contributed by atoms with van der Waals surface area (Å²) >= 11 is 0. The number of fused-ring (bicyclic) bond motifs is 1. The molecule has 22 heavy (non-hydrogen) atoms. The second kappa shape index (κ2) is 4.52. The minimum atomic E-state index is -0.348. The van der Waals surface area contributed by atoms with Gasteiger partial charge in [-0.1, -0.05) is 24.3 Å². The van der Waals surface area contributed by atoms with Gasteiger partial charge in [-0.25, -0.2) is 0 Å². The monoisotopic (exact) mass is 296 g/mol. The van der Waals surface area contributed by atoms with Crippen molar-refractivity contribution >= 4 is 0 Å². The fourth-order valence-electron chi connectivity index (χ4n) is 3.58. The molecule has 1 atom stereocenters. The topological polar surface area (TPSA) is 29.5 Å². The van der Waals surface area contributed by atoms with Crippen molar-refractivity contribution in [1.82, 2.24) is 0 Å². The normalized spacial score (nSPS) is 22.3. The van der Waals surface area contributed by atoms with Crippen LogP contribution in [0.1, 0.15) is 48.6 Å². The predicted octanol–water partition coefficient (Wildman–Crippen LogP) is 4.79. The van der Waals surface area contributed by atoms with Gasteiger partial charge in [0.25, 0.3) is 0 Å². The van der Waals surface area contributed by atoms with Gasteiger partial charge in [0.05, 0.1) is 5.41 Å². The lowest BCUT2D eigenvalue weighted by Gasteiger charge is -2.38. The maximum absolute atomic E-state index is 10.1. The summed E-state index contributed by atoms with van der Waals surface area (Å²) in [7, 11) is 0. The molecule has 0 bridgehead atoms. The van der Waals surface area contributed by atoms with Crippen molar-refractivity contribution in [2.75, 3.05) is 0 Å². The highest BCUT2D eigenvalue weighted by Gasteiger charge is 2.52. The van der Waals surface area contributed by atoms with Gasteiger partial charge in [0.2, 0.25) is 0 Å². The SMILES string of the molecule is Cc1ccc2c(c1)OC(C)(C)C2(C)c1cc(C)c(O)c(C)c1. The Labute approximate surface area is 132 Å². The Morgan fingerprint density at radius 3 is 2.09 bits per heavy atom. The summed E-state index contributed by atoms with van der Waals surface area (Å²) in [5, 5.41) is 10.1. The summed E-state index contributed by atoms with van der Waals surface area (Å²) in [4.78, 5) is 0. The molecule has 2 heteroatoms. The predicted molar refractivity (Wildman–Crippen MR) is 89.9 cm³/mol. The summed E-state index contributed by atoms with van der Waals surface area (Å²) in [5.74, 6) is 1.35. The van der Waals surface area contributed by atoms with Crippen LogP contribution in [0, 0.1) is 20.8 Å². The van der Waals surface area contributed by atoms with E-state index in [9.17, 15) is 5.11 Å². The smallest absolute Gasteiger partial charge is 0.124 e. The molecule has 0 radical (unpaired) electrons. The van der Waals surface area contributed by atoms with Crippen LogP contribution >= 0.6 is 0 Å². The van der Waals surface area contributed by atoms with E-state index in [1.807, 2.05) is 13.8 Å². The summed E-state index contributed by atoms with van der Waals surface area (Å²) in [6.45, 7) is 12.5. The zero-order valence-electron chi connectivity index (χ0n) is 14.2. The van der Waals surface area contributed by atoms with E-state index in [2.05, 4.69) is 58.0 Å². The lowest BCUT2D eigenvalue weighted by Crippen LogP contribution is -2.45. The largest absolute Gasteiger partial charge is 0.507 e. The number of aromatic hydroxyl groups is 1. The fourth-order valence-corrected chi connectivity index (χ4v) is 3.58. The maximum Gasteiger partial charge on any atom is 0.124 e. The lowest BCUT2D eigenvalue weighted by molar-refractivity contribution is 0.0811. The summed E-state index contributed by atoms with van der Waals surface area (Å²) < 4.78 is 6.29. The second-order valence-electron chi connectivity index (χ2n) is 7.20. The first-order valence-electron chi connectivity index (χ1n) is 7.77. The van der Waals surface area contributed by atoms with E-state index < -0.39 is 0 Å². The van der Waals surface area contributed by atoms with Crippen LogP contribution < -0.4 is 4.74 Å². The third kappa shape index (κ3) is 1.86. The van der Waals surface area contributed by atoms with Crippen molar-refractivity contribution < 1.29 is 9.84 Å². The zero-order chi connectivity index (χ0) is 16.3. The highest BCUT2D eigenvalue weighted by Crippen LogP contribution is 2.53. The van der Waals surface area contributed by atoms with E-state index in [1.165, 1.54) is 16.7 Å². The van der Waals surface area contributed by atoms with Crippen LogP contribution in [0.5, 0.6) is 11.5 Å². The maximum atomic E-state index is 10.1. The minimum Gasteiger partial charge on any atom is -0.507 e. The van der Waals surface area contributed by atoms with Crippen molar-refractivity contribution in [3.05, 3.63) is 58.1 Å². The van der Waals surface area contributed by atoms with E-state index in [1.54, 1.807) is 0 Å². The van der Waals surface area contributed by atoms with E-state index in [4.69, 9.17) is 4.74 Å². The van der Waals surface area contributed by atoms with E-state index in [-0.39, 0.29) is 11.0 Å². The lowest BCUT2D eigenvalue weighted by atomic mass is 9.67. The van der Waals surface area contributed by atoms with Crippen molar-refractivity contribution in [1.29, 1.82) is 0 Å². The average Bonchev–Trinajstić information content (AvgIpc) is 2.62. The first kappa shape index (κ1) is 15.0.